The minimum atomic E-state index is -0.251. The summed E-state index contributed by atoms with van der Waals surface area (Å²) in [5.74, 6) is 0.838. The zero-order valence-electron chi connectivity index (χ0n) is 27.3. The molecule has 0 bridgehead atoms. The van der Waals surface area contributed by atoms with E-state index in [2.05, 4.69) is 86.6 Å². The average Bonchev–Trinajstić information content (AvgIpc) is 3.04. The van der Waals surface area contributed by atoms with Crippen LogP contribution in [0.1, 0.15) is 135 Å². The van der Waals surface area contributed by atoms with Gasteiger partial charge in [-0.15, -0.1) is 0 Å². The Hall–Kier alpha value is -3.07. The molecule has 0 aromatic heterocycles. The van der Waals surface area contributed by atoms with E-state index in [9.17, 15) is 4.79 Å². The molecule has 0 fully saturated rings. The molecule has 0 saturated carbocycles. The number of hydrogen-bond acceptors (Lipinski definition) is 3. The van der Waals surface area contributed by atoms with Gasteiger partial charge in [-0.1, -0.05) is 158 Å². The largest absolute Gasteiger partial charge is 0.494 e. The molecule has 0 amide bonds. The van der Waals surface area contributed by atoms with Crippen LogP contribution in [0.15, 0.2) is 72.8 Å². The Balaban J connectivity index is 1.46. The molecule has 0 aliphatic heterocycles. The topological polar surface area (TPSA) is 35.5 Å². The summed E-state index contributed by atoms with van der Waals surface area (Å²) in [4.78, 5) is 12.4. The molecule has 0 N–H and O–H groups in total. The smallest absolute Gasteiger partial charge is 0.306 e. The predicted molar refractivity (Wildman–Crippen MR) is 183 cm³/mol. The van der Waals surface area contributed by atoms with Gasteiger partial charge in [-0.2, -0.15) is 0 Å². The van der Waals surface area contributed by atoms with Gasteiger partial charge in [0.2, 0.25) is 0 Å². The molecule has 1 atom stereocenters. The summed E-state index contributed by atoms with van der Waals surface area (Å²) < 4.78 is 11.8. The lowest BCUT2D eigenvalue weighted by atomic mass is 9.93. The van der Waals surface area contributed by atoms with E-state index in [1.165, 1.54) is 93.7 Å². The summed E-state index contributed by atoms with van der Waals surface area (Å²) >= 11 is 0. The minimum Gasteiger partial charge on any atom is -0.494 e. The molecule has 0 heterocycles. The van der Waals surface area contributed by atoms with Crippen LogP contribution in [-0.2, 0) is 9.53 Å². The van der Waals surface area contributed by atoms with Crippen LogP contribution >= 0.6 is 0 Å². The molecule has 234 valence electrons. The van der Waals surface area contributed by atoms with Gasteiger partial charge < -0.3 is 9.47 Å². The maximum Gasteiger partial charge on any atom is 0.306 e. The van der Waals surface area contributed by atoms with Crippen molar-refractivity contribution >= 4 is 5.97 Å². The van der Waals surface area contributed by atoms with Crippen molar-refractivity contribution in [1.29, 1.82) is 0 Å². The Morgan fingerprint density at radius 3 is 1.58 bits per heavy atom. The van der Waals surface area contributed by atoms with Gasteiger partial charge in [0.15, 0.2) is 0 Å². The van der Waals surface area contributed by atoms with E-state index >= 15 is 0 Å². The number of esters is 1. The fourth-order valence-electron chi connectivity index (χ4n) is 5.63. The van der Waals surface area contributed by atoms with E-state index in [-0.39, 0.29) is 12.1 Å². The highest BCUT2D eigenvalue weighted by molar-refractivity contribution is 5.83. The van der Waals surface area contributed by atoms with Crippen LogP contribution in [0.2, 0.25) is 0 Å². The summed E-state index contributed by atoms with van der Waals surface area (Å²) in [5, 5.41) is 0. The summed E-state index contributed by atoms with van der Waals surface area (Å²) in [7, 11) is 0. The number of benzene rings is 3. The highest BCUT2D eigenvalue weighted by Crippen LogP contribution is 2.34. The van der Waals surface area contributed by atoms with E-state index < -0.39 is 0 Å². The number of carbonyl (C=O) groups is 1. The van der Waals surface area contributed by atoms with Crippen LogP contribution in [0.5, 0.6) is 5.75 Å². The number of rotatable bonds is 22. The predicted octanol–water partition coefficient (Wildman–Crippen LogP) is 12.3. The Labute approximate surface area is 262 Å². The van der Waals surface area contributed by atoms with Crippen LogP contribution in [0.3, 0.4) is 0 Å². The van der Waals surface area contributed by atoms with Gasteiger partial charge in [0.25, 0.3) is 0 Å². The van der Waals surface area contributed by atoms with Crippen molar-refractivity contribution in [3.8, 4) is 28.0 Å². The molecule has 3 aromatic rings. The van der Waals surface area contributed by atoms with E-state index in [0.29, 0.717) is 6.42 Å². The van der Waals surface area contributed by atoms with E-state index in [0.717, 1.165) is 42.7 Å². The van der Waals surface area contributed by atoms with Crippen LogP contribution < -0.4 is 4.74 Å². The molecule has 3 rings (SSSR count). The quantitative estimate of drug-likeness (QED) is 0.0870. The van der Waals surface area contributed by atoms with Crippen molar-refractivity contribution < 1.29 is 14.3 Å². The Bertz CT molecular complexity index is 1150. The standard InChI is InChI=1S/C40H56O3/c1-4-6-8-10-12-13-14-15-17-23-40(41)43-33(3)34-24-26-35(27-25-34)38-21-18-19-22-39(38)36-28-30-37(31-29-36)42-32-20-16-11-9-7-5-2/h18-19,21-22,24-31,33H,4-17,20,23,32H2,1-3H3. The lowest BCUT2D eigenvalue weighted by Crippen LogP contribution is -2.08. The summed E-state index contributed by atoms with van der Waals surface area (Å²) in [6, 6.07) is 25.4. The number of ether oxygens (including phenoxy) is 2. The molecule has 1 unspecified atom stereocenters. The van der Waals surface area contributed by atoms with Crippen molar-refractivity contribution in [1.82, 2.24) is 0 Å². The Morgan fingerprint density at radius 1 is 0.581 bits per heavy atom. The second-order valence-corrected chi connectivity index (χ2v) is 12.0. The number of unbranched alkanes of at least 4 members (excludes halogenated alkanes) is 13. The van der Waals surface area contributed by atoms with E-state index in [1.807, 2.05) is 6.92 Å². The summed E-state index contributed by atoms with van der Waals surface area (Å²) in [5.41, 5.74) is 5.72. The first-order valence-corrected chi connectivity index (χ1v) is 17.2. The van der Waals surface area contributed by atoms with Crippen LogP contribution in [0.25, 0.3) is 22.3 Å². The second kappa shape index (κ2) is 20.8. The normalized spacial score (nSPS) is 11.8. The lowest BCUT2D eigenvalue weighted by molar-refractivity contribution is -0.148. The lowest BCUT2D eigenvalue weighted by Gasteiger charge is -2.15. The highest BCUT2D eigenvalue weighted by Gasteiger charge is 2.13. The SMILES string of the molecule is CCCCCCCCCCCC(=O)OC(C)c1ccc(-c2ccccc2-c2ccc(OCCCCCCCC)cc2)cc1. The van der Waals surface area contributed by atoms with Gasteiger partial charge in [-0.3, -0.25) is 4.79 Å². The van der Waals surface area contributed by atoms with Crippen LogP contribution in [0.4, 0.5) is 0 Å². The molecule has 0 radical (unpaired) electrons. The first-order chi connectivity index (χ1) is 21.1. The first-order valence-electron chi connectivity index (χ1n) is 17.2. The number of hydrogen-bond donors (Lipinski definition) is 0. The van der Waals surface area contributed by atoms with Gasteiger partial charge in [-0.25, -0.2) is 0 Å². The third-order valence-corrected chi connectivity index (χ3v) is 8.34. The fraction of sp³-hybridized carbons (Fsp3) is 0.525. The van der Waals surface area contributed by atoms with Crippen molar-refractivity contribution in [2.75, 3.05) is 6.61 Å². The molecule has 0 aliphatic rings. The molecular formula is C40H56O3. The van der Waals surface area contributed by atoms with Crippen molar-refractivity contribution in [2.45, 2.75) is 130 Å². The van der Waals surface area contributed by atoms with Gasteiger partial charge in [0.1, 0.15) is 11.9 Å². The van der Waals surface area contributed by atoms with E-state index in [1.54, 1.807) is 0 Å². The molecule has 3 aromatic carbocycles. The van der Waals surface area contributed by atoms with Crippen molar-refractivity contribution in [2.24, 2.45) is 0 Å². The highest BCUT2D eigenvalue weighted by atomic mass is 16.5. The van der Waals surface area contributed by atoms with Crippen molar-refractivity contribution in [3.05, 3.63) is 78.4 Å². The third kappa shape index (κ3) is 13.0. The zero-order chi connectivity index (χ0) is 30.5. The summed E-state index contributed by atoms with van der Waals surface area (Å²) in [6.07, 6.45) is 19.1. The Kier molecular flexibility index (Phi) is 16.6. The van der Waals surface area contributed by atoms with Gasteiger partial charge in [0.05, 0.1) is 6.61 Å². The summed E-state index contributed by atoms with van der Waals surface area (Å²) in [6.45, 7) is 7.25. The van der Waals surface area contributed by atoms with Gasteiger partial charge in [0, 0.05) is 6.42 Å². The number of carbonyl (C=O) groups excluding carboxylic acids is 1. The molecular weight excluding hydrogens is 528 g/mol. The van der Waals surface area contributed by atoms with Crippen LogP contribution in [0, 0.1) is 0 Å². The molecule has 43 heavy (non-hydrogen) atoms. The minimum absolute atomic E-state index is 0.0933. The fourth-order valence-corrected chi connectivity index (χ4v) is 5.63. The maximum absolute atomic E-state index is 12.4. The molecule has 3 nitrogen and oxygen atoms in total. The van der Waals surface area contributed by atoms with Crippen LogP contribution in [-0.4, -0.2) is 12.6 Å². The van der Waals surface area contributed by atoms with E-state index in [4.69, 9.17) is 9.47 Å². The zero-order valence-corrected chi connectivity index (χ0v) is 27.3. The molecule has 3 heteroatoms. The third-order valence-electron chi connectivity index (χ3n) is 8.34. The molecule has 0 spiro atoms. The molecule has 0 aliphatic carbocycles. The van der Waals surface area contributed by atoms with Gasteiger partial charge in [-0.05, 0) is 59.7 Å². The van der Waals surface area contributed by atoms with Crippen molar-refractivity contribution in [3.63, 3.8) is 0 Å². The van der Waals surface area contributed by atoms with Gasteiger partial charge >= 0.3 is 5.97 Å². The molecule has 0 saturated heterocycles. The monoisotopic (exact) mass is 584 g/mol. The second-order valence-electron chi connectivity index (χ2n) is 12.0. The first kappa shape index (κ1) is 34.4. The Morgan fingerprint density at radius 2 is 1.05 bits per heavy atom. The average molecular weight is 585 g/mol. The maximum atomic E-state index is 12.4.